The van der Waals surface area contributed by atoms with E-state index < -0.39 is 0 Å². The summed E-state index contributed by atoms with van der Waals surface area (Å²) in [6, 6.07) is 0. The van der Waals surface area contributed by atoms with Gasteiger partial charge in [0.15, 0.2) is 5.96 Å². The summed E-state index contributed by atoms with van der Waals surface area (Å²) in [4.78, 5) is 6.98. The number of rotatable bonds is 12. The second kappa shape index (κ2) is 18.0. The molecule has 0 atom stereocenters. The van der Waals surface area contributed by atoms with Crippen molar-refractivity contribution in [3.05, 3.63) is 0 Å². The molecule has 0 aliphatic carbocycles. The smallest absolute Gasteiger partial charge is 0.191 e. The zero-order valence-corrected chi connectivity index (χ0v) is 16.6. The van der Waals surface area contributed by atoms with Crippen molar-refractivity contribution in [3.8, 4) is 0 Å². The van der Waals surface area contributed by atoms with Crippen molar-refractivity contribution >= 4 is 29.9 Å². The summed E-state index contributed by atoms with van der Waals surface area (Å²) in [7, 11) is 0. The molecular formula is C15H35IN4O. The van der Waals surface area contributed by atoms with E-state index in [1.54, 1.807) is 0 Å². The number of guanidine groups is 1. The Morgan fingerprint density at radius 1 is 1.05 bits per heavy atom. The molecule has 21 heavy (non-hydrogen) atoms. The van der Waals surface area contributed by atoms with Crippen LogP contribution in [0.5, 0.6) is 0 Å². The molecule has 0 aliphatic heterocycles. The molecule has 2 N–H and O–H groups in total. The molecule has 0 aromatic heterocycles. The van der Waals surface area contributed by atoms with E-state index in [9.17, 15) is 0 Å². The number of aliphatic imine (C=N–C) groups is 1. The van der Waals surface area contributed by atoms with E-state index in [4.69, 9.17) is 4.74 Å². The zero-order chi connectivity index (χ0) is 15.1. The Hall–Kier alpha value is -0.0800. The summed E-state index contributed by atoms with van der Waals surface area (Å²) >= 11 is 0. The number of nitrogens with zero attached hydrogens (tertiary/aromatic N) is 2. The quantitative estimate of drug-likeness (QED) is 0.223. The molecule has 0 aromatic carbocycles. The lowest BCUT2D eigenvalue weighted by atomic mass is 10.3. The highest BCUT2D eigenvalue weighted by molar-refractivity contribution is 14.0. The summed E-state index contributed by atoms with van der Waals surface area (Å²) in [6.07, 6.45) is 2.12. The van der Waals surface area contributed by atoms with Crippen molar-refractivity contribution in [1.82, 2.24) is 15.5 Å². The van der Waals surface area contributed by atoms with Gasteiger partial charge in [-0.15, -0.1) is 24.0 Å². The normalized spacial score (nSPS) is 11.4. The third kappa shape index (κ3) is 14.6. The Morgan fingerprint density at radius 2 is 1.76 bits per heavy atom. The van der Waals surface area contributed by atoms with Crippen molar-refractivity contribution in [1.29, 1.82) is 0 Å². The van der Waals surface area contributed by atoms with Gasteiger partial charge in [0.1, 0.15) is 0 Å². The SMILES string of the molecule is CCNC(=NCCCOCC)NCCCN(CC)CC.I. The first-order chi connectivity index (χ1) is 9.78. The predicted octanol–water partition coefficient (Wildman–Crippen LogP) is 2.32. The van der Waals surface area contributed by atoms with Gasteiger partial charge in [0.2, 0.25) is 0 Å². The van der Waals surface area contributed by atoms with Crippen molar-refractivity contribution in [3.63, 3.8) is 0 Å². The van der Waals surface area contributed by atoms with Crippen LogP contribution >= 0.6 is 24.0 Å². The Morgan fingerprint density at radius 3 is 2.33 bits per heavy atom. The number of ether oxygens (including phenoxy) is 1. The highest BCUT2D eigenvalue weighted by Crippen LogP contribution is 1.90. The van der Waals surface area contributed by atoms with E-state index in [1.807, 2.05) is 6.92 Å². The van der Waals surface area contributed by atoms with Gasteiger partial charge in [0.25, 0.3) is 0 Å². The second-order valence-corrected chi connectivity index (χ2v) is 4.62. The summed E-state index contributed by atoms with van der Waals surface area (Å²) in [5, 5.41) is 6.66. The van der Waals surface area contributed by atoms with Crippen LogP contribution < -0.4 is 10.6 Å². The van der Waals surface area contributed by atoms with Gasteiger partial charge in [0, 0.05) is 32.8 Å². The third-order valence-electron chi connectivity index (χ3n) is 3.10. The van der Waals surface area contributed by atoms with E-state index in [-0.39, 0.29) is 24.0 Å². The van der Waals surface area contributed by atoms with Crippen molar-refractivity contribution in [2.75, 3.05) is 52.5 Å². The lowest BCUT2D eigenvalue weighted by Gasteiger charge is -2.18. The van der Waals surface area contributed by atoms with E-state index >= 15 is 0 Å². The molecule has 0 radical (unpaired) electrons. The van der Waals surface area contributed by atoms with E-state index in [2.05, 4.69) is 41.3 Å². The first-order valence-electron chi connectivity index (χ1n) is 8.10. The van der Waals surface area contributed by atoms with Gasteiger partial charge in [-0.05, 0) is 46.3 Å². The minimum absolute atomic E-state index is 0. The fourth-order valence-electron chi connectivity index (χ4n) is 1.89. The average Bonchev–Trinajstić information content (AvgIpc) is 2.47. The van der Waals surface area contributed by atoms with Crippen LogP contribution in [0, 0.1) is 0 Å². The van der Waals surface area contributed by atoms with Gasteiger partial charge in [-0.2, -0.15) is 0 Å². The highest BCUT2D eigenvalue weighted by Gasteiger charge is 2.00. The van der Waals surface area contributed by atoms with Gasteiger partial charge in [-0.1, -0.05) is 13.8 Å². The standard InChI is InChI=1S/C15H34N4O.HI/c1-5-16-15(18-12-10-14-20-8-4)17-11-9-13-19(6-2)7-3;/h5-14H2,1-4H3,(H2,16,17,18);1H. The molecule has 0 bridgehead atoms. The molecule has 128 valence electrons. The highest BCUT2D eigenvalue weighted by atomic mass is 127. The van der Waals surface area contributed by atoms with Gasteiger partial charge in [-0.25, -0.2) is 0 Å². The van der Waals surface area contributed by atoms with Crippen LogP contribution in [0.15, 0.2) is 4.99 Å². The van der Waals surface area contributed by atoms with Crippen molar-refractivity contribution in [2.24, 2.45) is 4.99 Å². The minimum atomic E-state index is 0. The number of hydrogen-bond acceptors (Lipinski definition) is 3. The van der Waals surface area contributed by atoms with Gasteiger partial charge < -0.3 is 20.3 Å². The lowest BCUT2D eigenvalue weighted by Crippen LogP contribution is -2.39. The lowest BCUT2D eigenvalue weighted by molar-refractivity contribution is 0.146. The molecule has 5 nitrogen and oxygen atoms in total. The topological polar surface area (TPSA) is 48.9 Å². The van der Waals surface area contributed by atoms with Crippen LogP contribution in [0.4, 0.5) is 0 Å². The molecule has 0 heterocycles. The van der Waals surface area contributed by atoms with Gasteiger partial charge >= 0.3 is 0 Å². The summed E-state index contributed by atoms with van der Waals surface area (Å²) in [5.41, 5.74) is 0. The molecule has 0 fully saturated rings. The summed E-state index contributed by atoms with van der Waals surface area (Å²) < 4.78 is 5.31. The molecule has 0 aliphatic rings. The average molecular weight is 414 g/mol. The molecule has 0 spiro atoms. The van der Waals surface area contributed by atoms with Crippen LogP contribution in [0.2, 0.25) is 0 Å². The first kappa shape index (κ1) is 23.2. The van der Waals surface area contributed by atoms with Gasteiger partial charge in [0.05, 0.1) is 0 Å². The maximum Gasteiger partial charge on any atom is 0.191 e. The van der Waals surface area contributed by atoms with Crippen LogP contribution in [-0.2, 0) is 4.74 Å². The minimum Gasteiger partial charge on any atom is -0.382 e. The number of nitrogens with one attached hydrogen (secondary N) is 2. The molecule has 0 saturated heterocycles. The van der Waals surface area contributed by atoms with Crippen LogP contribution in [0.3, 0.4) is 0 Å². The van der Waals surface area contributed by atoms with E-state index in [0.717, 1.165) is 71.3 Å². The summed E-state index contributed by atoms with van der Waals surface area (Å²) in [5.74, 6) is 0.920. The largest absolute Gasteiger partial charge is 0.382 e. The first-order valence-corrected chi connectivity index (χ1v) is 8.10. The second-order valence-electron chi connectivity index (χ2n) is 4.62. The van der Waals surface area contributed by atoms with E-state index in [0.29, 0.717) is 0 Å². The molecule has 6 heteroatoms. The Kier molecular flexibility index (Phi) is 19.8. The zero-order valence-electron chi connectivity index (χ0n) is 14.3. The van der Waals surface area contributed by atoms with Gasteiger partial charge in [-0.3, -0.25) is 4.99 Å². The van der Waals surface area contributed by atoms with E-state index in [1.165, 1.54) is 0 Å². The van der Waals surface area contributed by atoms with Crippen LogP contribution in [0.1, 0.15) is 40.5 Å². The Balaban J connectivity index is 0. The molecule has 0 saturated carbocycles. The Bertz CT molecular complexity index is 236. The van der Waals surface area contributed by atoms with Crippen LogP contribution in [-0.4, -0.2) is 63.3 Å². The maximum absolute atomic E-state index is 5.31. The van der Waals surface area contributed by atoms with Crippen LogP contribution in [0.25, 0.3) is 0 Å². The monoisotopic (exact) mass is 414 g/mol. The molecule has 0 unspecified atom stereocenters. The van der Waals surface area contributed by atoms with Crippen molar-refractivity contribution < 1.29 is 4.74 Å². The number of halogens is 1. The molecule has 0 rings (SSSR count). The fraction of sp³-hybridized carbons (Fsp3) is 0.933. The Labute approximate surface area is 148 Å². The summed E-state index contributed by atoms with van der Waals surface area (Å²) in [6.45, 7) is 16.2. The number of hydrogen-bond donors (Lipinski definition) is 2. The maximum atomic E-state index is 5.31. The third-order valence-corrected chi connectivity index (χ3v) is 3.10. The molecule has 0 amide bonds. The molecule has 0 aromatic rings. The fourth-order valence-corrected chi connectivity index (χ4v) is 1.89. The predicted molar refractivity (Wildman–Crippen MR) is 103 cm³/mol. The van der Waals surface area contributed by atoms with Crippen molar-refractivity contribution in [2.45, 2.75) is 40.5 Å². The molecular weight excluding hydrogens is 379 g/mol.